The van der Waals surface area contributed by atoms with Crippen LogP contribution in [0.1, 0.15) is 0 Å². The van der Waals surface area contributed by atoms with Gasteiger partial charge in [0.05, 0.1) is 0 Å². The zero-order valence-corrected chi connectivity index (χ0v) is 12.9. The van der Waals surface area contributed by atoms with Crippen molar-refractivity contribution in [2.75, 3.05) is 0 Å². The summed E-state index contributed by atoms with van der Waals surface area (Å²) in [4.78, 5) is 0. The first-order valence-corrected chi connectivity index (χ1v) is 0. The van der Waals surface area contributed by atoms with Gasteiger partial charge in [-0.25, -0.2) is 0 Å². The summed E-state index contributed by atoms with van der Waals surface area (Å²) in [5.41, 5.74) is 0. The second kappa shape index (κ2) is 15.8. The third-order valence-corrected chi connectivity index (χ3v) is 0. The van der Waals surface area contributed by atoms with Gasteiger partial charge in [-0.1, -0.05) is 0 Å². The van der Waals surface area contributed by atoms with Crippen LogP contribution in [0, 0.1) is 0 Å². The van der Waals surface area contributed by atoms with Crippen molar-refractivity contribution < 1.29 is 19.5 Å². The summed E-state index contributed by atoms with van der Waals surface area (Å²) in [6.07, 6.45) is 0. The first kappa shape index (κ1) is 25.0. The van der Waals surface area contributed by atoms with Crippen LogP contribution in [0.2, 0.25) is 0 Å². The molecular weight excluding hydrogens is 224 g/mol. The van der Waals surface area contributed by atoms with Crippen LogP contribution in [0.15, 0.2) is 0 Å². The molecule has 0 spiro atoms. The third-order valence-electron chi connectivity index (χ3n) is 0. The van der Waals surface area contributed by atoms with Gasteiger partial charge in [-0.2, -0.15) is 9.90 Å². The fourth-order valence-electron chi connectivity index (χ4n) is 0. The van der Waals surface area contributed by atoms with Crippen LogP contribution in [-0.2, 0) is 19.5 Å². The van der Waals surface area contributed by atoms with Crippen molar-refractivity contribution in [3.63, 3.8) is 0 Å². The standard InChI is InChI=1S/Ca.H3P.Sr.Zn/h;1H3;;. The topological polar surface area (TPSA) is 0 Å². The predicted octanol–water partition coefficient (Wildman–Crippen LogP) is -0.706. The van der Waals surface area contributed by atoms with Crippen LogP contribution >= 0.6 is 9.90 Å². The second-order valence-electron chi connectivity index (χ2n) is 0. The third kappa shape index (κ3) is 9.25. The van der Waals surface area contributed by atoms with E-state index in [9.17, 15) is 0 Å². The normalized spacial score (nSPS) is 0. The van der Waals surface area contributed by atoms with E-state index in [0.29, 0.717) is 0 Å². The maximum atomic E-state index is 0. The van der Waals surface area contributed by atoms with Gasteiger partial charge in [-0.05, 0) is 0 Å². The van der Waals surface area contributed by atoms with Crippen molar-refractivity contribution in [1.82, 2.24) is 0 Å². The molecule has 0 aromatic carbocycles. The van der Waals surface area contributed by atoms with E-state index in [1.54, 1.807) is 0 Å². The largest absolute Gasteiger partial charge is 0.153 e. The molecule has 0 amide bonds. The van der Waals surface area contributed by atoms with Crippen molar-refractivity contribution in [2.45, 2.75) is 0 Å². The van der Waals surface area contributed by atoms with E-state index in [1.807, 2.05) is 0 Å². The maximum Gasteiger partial charge on any atom is 0 e. The van der Waals surface area contributed by atoms with E-state index >= 15 is 0 Å². The smallest absolute Gasteiger partial charge is 0 e. The molecule has 0 rings (SSSR count). The minimum atomic E-state index is 0. The van der Waals surface area contributed by atoms with Gasteiger partial charge in [-0.15, -0.1) is 0 Å². The quantitative estimate of drug-likeness (QED) is 0.379. The van der Waals surface area contributed by atoms with E-state index in [0.717, 1.165) is 0 Å². The summed E-state index contributed by atoms with van der Waals surface area (Å²) >= 11 is 0. The van der Waals surface area contributed by atoms with E-state index < -0.39 is 0 Å². The van der Waals surface area contributed by atoms with Crippen LogP contribution in [0.3, 0.4) is 0 Å². The van der Waals surface area contributed by atoms with Gasteiger partial charge < -0.3 is 0 Å². The summed E-state index contributed by atoms with van der Waals surface area (Å²) in [5.74, 6) is 0. The summed E-state index contributed by atoms with van der Waals surface area (Å²) in [6, 6.07) is 0. The molecule has 0 aromatic heterocycles. The van der Waals surface area contributed by atoms with Gasteiger partial charge in [0, 0.05) is 103 Å². The van der Waals surface area contributed by atoms with Gasteiger partial charge in [-0.3, -0.25) is 0 Å². The van der Waals surface area contributed by atoms with Crippen molar-refractivity contribution in [3.8, 4) is 0 Å². The Bertz CT molecular complexity index is 8.00. The summed E-state index contributed by atoms with van der Waals surface area (Å²) in [6.45, 7) is 0. The molecule has 0 aromatic rings. The number of rotatable bonds is 0. The molecule has 0 saturated heterocycles. The minimum absolute atomic E-state index is 0. The molecule has 0 aliphatic heterocycles. The Labute approximate surface area is 110 Å². The summed E-state index contributed by atoms with van der Waals surface area (Å²) < 4.78 is 0. The van der Waals surface area contributed by atoms with Gasteiger partial charge in [0.15, 0.2) is 0 Å². The molecule has 4 radical (unpaired) electrons. The molecule has 0 nitrogen and oxygen atoms in total. The molecule has 4 heteroatoms. The Kier molecular flexibility index (Phi) is 99.0. The molecular formula is H3CaPSrZn. The molecule has 0 saturated carbocycles. The van der Waals surface area contributed by atoms with Crippen molar-refractivity contribution in [2.24, 2.45) is 0 Å². The van der Waals surface area contributed by atoms with Gasteiger partial charge in [0.1, 0.15) is 0 Å². The second-order valence-corrected chi connectivity index (χ2v) is 0. The fraction of sp³-hybridized carbons (Fsp3) is 0. The van der Waals surface area contributed by atoms with Crippen LogP contribution in [-0.4, -0.2) is 83.2 Å². The zero-order valence-electron chi connectivity index (χ0n) is 2.83. The fourth-order valence-corrected chi connectivity index (χ4v) is 0. The molecule has 0 aliphatic carbocycles. The van der Waals surface area contributed by atoms with Crippen LogP contribution in [0.4, 0.5) is 0 Å². The minimum Gasteiger partial charge on any atom is -0.153 e. The van der Waals surface area contributed by atoms with Crippen molar-refractivity contribution in [1.29, 1.82) is 0 Å². The molecule has 0 aliphatic rings. The molecule has 0 N–H and O–H groups in total. The first-order chi connectivity index (χ1) is 0. The average molecular weight is 227 g/mol. The van der Waals surface area contributed by atoms with Crippen LogP contribution < -0.4 is 0 Å². The molecule has 14 valence electrons. The number of hydrogen-bond acceptors (Lipinski definition) is 0. The first-order valence-electron chi connectivity index (χ1n) is 0. The molecule has 1 atom stereocenters. The van der Waals surface area contributed by atoms with Gasteiger partial charge in [0.2, 0.25) is 0 Å². The summed E-state index contributed by atoms with van der Waals surface area (Å²) in [7, 11) is 0. The molecule has 4 heavy (non-hydrogen) atoms. The van der Waals surface area contributed by atoms with Crippen molar-refractivity contribution >= 4 is 93.1 Å². The monoisotopic (exact) mass is 226 g/mol. The van der Waals surface area contributed by atoms with Crippen LogP contribution in [0.25, 0.3) is 0 Å². The summed E-state index contributed by atoms with van der Waals surface area (Å²) in [5, 5.41) is 0. The Morgan fingerprint density at radius 1 is 1.00 bits per heavy atom. The average Bonchev–Trinajstić information content (AvgIpc) is 0. The molecule has 0 fully saturated rings. The van der Waals surface area contributed by atoms with E-state index in [4.69, 9.17) is 0 Å². The van der Waals surface area contributed by atoms with E-state index in [-0.39, 0.29) is 113 Å². The Morgan fingerprint density at radius 3 is 1.00 bits per heavy atom. The Hall–Kier alpha value is 3.79. The Balaban J connectivity index is 0. The van der Waals surface area contributed by atoms with E-state index in [1.165, 1.54) is 0 Å². The molecule has 0 heterocycles. The zero-order chi connectivity index (χ0) is 0. The van der Waals surface area contributed by atoms with Crippen LogP contribution in [0.5, 0.6) is 0 Å². The molecule has 1 unspecified atom stereocenters. The maximum absolute atomic E-state index is 0. The number of hydrogen-bond donors (Lipinski definition) is 0. The molecule has 0 bridgehead atoms. The van der Waals surface area contributed by atoms with Gasteiger partial charge >= 0.3 is 0 Å². The van der Waals surface area contributed by atoms with Crippen molar-refractivity contribution in [3.05, 3.63) is 0 Å². The van der Waals surface area contributed by atoms with E-state index in [2.05, 4.69) is 0 Å². The SMILES string of the molecule is P.[Ca].[Sr].[Zn]. The Morgan fingerprint density at radius 2 is 1.00 bits per heavy atom. The predicted molar refractivity (Wildman–Crippen MR) is 22.6 cm³/mol. The van der Waals surface area contributed by atoms with Gasteiger partial charge in [0.25, 0.3) is 0 Å².